The molecule has 0 radical (unpaired) electrons. The van der Waals surface area contributed by atoms with Gasteiger partial charge in [-0.05, 0) is 31.1 Å². The van der Waals surface area contributed by atoms with Crippen LogP contribution in [0.1, 0.15) is 26.2 Å². The lowest BCUT2D eigenvalue weighted by Gasteiger charge is -2.32. The topological polar surface area (TPSA) is 77.9 Å². The largest absolute Gasteiger partial charge is 0.481 e. The second kappa shape index (κ2) is 5.38. The summed E-state index contributed by atoms with van der Waals surface area (Å²) >= 11 is 0. The van der Waals surface area contributed by atoms with Crippen LogP contribution < -0.4 is 0 Å². The van der Waals surface area contributed by atoms with Crippen LogP contribution in [0.3, 0.4) is 0 Å². The summed E-state index contributed by atoms with van der Waals surface area (Å²) in [4.78, 5) is 10.9. The molecule has 1 saturated heterocycles. The standard InChI is InChI=1S/C12H22N2O4S/c1-9-7-11(9)8-13(2)19(17,18)14-5-3-10(4-6-14)12(15)16/h9-11H,3-8H2,1-2H3,(H,15,16). The third-order valence-corrected chi connectivity index (χ3v) is 6.25. The number of carboxylic acids is 1. The molecular weight excluding hydrogens is 268 g/mol. The van der Waals surface area contributed by atoms with Gasteiger partial charge in [0.05, 0.1) is 5.92 Å². The van der Waals surface area contributed by atoms with Crippen molar-refractivity contribution in [1.29, 1.82) is 0 Å². The SMILES string of the molecule is CC1CC1CN(C)S(=O)(=O)N1CCC(C(=O)O)CC1. The van der Waals surface area contributed by atoms with Gasteiger partial charge in [-0.3, -0.25) is 4.79 Å². The molecule has 2 rings (SSSR count). The van der Waals surface area contributed by atoms with Gasteiger partial charge in [-0.1, -0.05) is 6.92 Å². The lowest BCUT2D eigenvalue weighted by atomic mass is 9.99. The molecule has 0 aromatic rings. The minimum atomic E-state index is -3.42. The van der Waals surface area contributed by atoms with E-state index in [1.165, 1.54) is 8.61 Å². The van der Waals surface area contributed by atoms with Crippen LogP contribution in [-0.2, 0) is 15.0 Å². The summed E-state index contributed by atoms with van der Waals surface area (Å²) in [5.74, 6) is -0.121. The Labute approximate surface area is 114 Å². The van der Waals surface area contributed by atoms with Crippen molar-refractivity contribution >= 4 is 16.2 Å². The van der Waals surface area contributed by atoms with E-state index in [-0.39, 0.29) is 0 Å². The number of nitrogens with zero attached hydrogens (tertiary/aromatic N) is 2. The summed E-state index contributed by atoms with van der Waals surface area (Å²) in [5, 5.41) is 8.91. The van der Waals surface area contributed by atoms with Gasteiger partial charge in [0, 0.05) is 26.7 Å². The second-order valence-electron chi connectivity index (χ2n) is 5.77. The zero-order valence-electron chi connectivity index (χ0n) is 11.4. The van der Waals surface area contributed by atoms with Crippen molar-refractivity contribution in [2.75, 3.05) is 26.7 Å². The van der Waals surface area contributed by atoms with Crippen molar-refractivity contribution in [1.82, 2.24) is 8.61 Å². The van der Waals surface area contributed by atoms with E-state index in [2.05, 4.69) is 6.92 Å². The lowest BCUT2D eigenvalue weighted by molar-refractivity contribution is -0.142. The van der Waals surface area contributed by atoms with Crippen molar-refractivity contribution < 1.29 is 18.3 Å². The zero-order valence-corrected chi connectivity index (χ0v) is 12.3. The number of carbonyl (C=O) groups is 1. The zero-order chi connectivity index (χ0) is 14.2. The average Bonchev–Trinajstić information content (AvgIpc) is 3.04. The number of aliphatic carboxylic acids is 1. The summed E-state index contributed by atoms with van der Waals surface area (Å²) in [6, 6.07) is 0. The van der Waals surface area contributed by atoms with Crippen LogP contribution in [0, 0.1) is 17.8 Å². The fraction of sp³-hybridized carbons (Fsp3) is 0.917. The maximum Gasteiger partial charge on any atom is 0.306 e. The summed E-state index contributed by atoms with van der Waals surface area (Å²) in [6.45, 7) is 3.32. The predicted octanol–water partition coefficient (Wildman–Crippen LogP) is 0.616. The molecule has 0 aromatic carbocycles. The van der Waals surface area contributed by atoms with Gasteiger partial charge in [0.15, 0.2) is 0 Å². The maximum atomic E-state index is 12.3. The molecule has 110 valence electrons. The monoisotopic (exact) mass is 290 g/mol. The molecule has 1 aliphatic heterocycles. The molecule has 1 heterocycles. The fourth-order valence-corrected chi connectivity index (χ4v) is 4.05. The number of carboxylic acid groups (broad SMARTS) is 1. The molecule has 1 N–H and O–H groups in total. The maximum absolute atomic E-state index is 12.3. The summed E-state index contributed by atoms with van der Waals surface area (Å²) in [6.07, 6.45) is 1.91. The highest BCUT2D eigenvalue weighted by Crippen LogP contribution is 2.38. The number of hydrogen-bond donors (Lipinski definition) is 1. The van der Waals surface area contributed by atoms with E-state index in [9.17, 15) is 13.2 Å². The smallest absolute Gasteiger partial charge is 0.306 e. The van der Waals surface area contributed by atoms with E-state index in [0.29, 0.717) is 44.3 Å². The third kappa shape index (κ3) is 3.27. The van der Waals surface area contributed by atoms with Crippen molar-refractivity contribution in [2.45, 2.75) is 26.2 Å². The van der Waals surface area contributed by atoms with Gasteiger partial charge in [0.25, 0.3) is 10.2 Å². The third-order valence-electron chi connectivity index (χ3n) is 4.29. The molecule has 0 aromatic heterocycles. The van der Waals surface area contributed by atoms with Gasteiger partial charge in [0.2, 0.25) is 0 Å². The van der Waals surface area contributed by atoms with Crippen LogP contribution in [0.5, 0.6) is 0 Å². The fourth-order valence-electron chi connectivity index (χ4n) is 2.61. The molecule has 0 spiro atoms. The van der Waals surface area contributed by atoms with Gasteiger partial charge in [-0.15, -0.1) is 0 Å². The Hall–Kier alpha value is -0.660. The highest BCUT2D eigenvalue weighted by Gasteiger charge is 2.38. The van der Waals surface area contributed by atoms with Crippen LogP contribution in [0.2, 0.25) is 0 Å². The minimum Gasteiger partial charge on any atom is -0.481 e. The molecule has 6 nitrogen and oxygen atoms in total. The summed E-state index contributed by atoms with van der Waals surface area (Å²) in [7, 11) is -1.80. The first kappa shape index (κ1) is 14.7. The Morgan fingerprint density at radius 1 is 1.37 bits per heavy atom. The van der Waals surface area contributed by atoms with E-state index in [0.717, 1.165) is 6.42 Å². The average molecular weight is 290 g/mol. The van der Waals surface area contributed by atoms with E-state index < -0.39 is 22.1 Å². The predicted molar refractivity (Wildman–Crippen MR) is 70.8 cm³/mol. The van der Waals surface area contributed by atoms with E-state index in [4.69, 9.17) is 5.11 Å². The Morgan fingerprint density at radius 3 is 2.32 bits per heavy atom. The van der Waals surface area contributed by atoms with E-state index >= 15 is 0 Å². The molecule has 2 fully saturated rings. The molecule has 2 atom stereocenters. The number of rotatable bonds is 5. The molecule has 2 aliphatic rings. The minimum absolute atomic E-state index is 0.309. The van der Waals surface area contributed by atoms with Crippen molar-refractivity contribution in [3.63, 3.8) is 0 Å². The van der Waals surface area contributed by atoms with Gasteiger partial charge in [-0.2, -0.15) is 17.0 Å². The molecule has 19 heavy (non-hydrogen) atoms. The van der Waals surface area contributed by atoms with Crippen LogP contribution >= 0.6 is 0 Å². The quantitative estimate of drug-likeness (QED) is 0.805. The van der Waals surface area contributed by atoms with Crippen molar-refractivity contribution in [3.8, 4) is 0 Å². The van der Waals surface area contributed by atoms with Crippen molar-refractivity contribution in [3.05, 3.63) is 0 Å². The first-order valence-corrected chi connectivity index (χ1v) is 8.16. The highest BCUT2D eigenvalue weighted by molar-refractivity contribution is 7.86. The molecule has 0 bridgehead atoms. The van der Waals surface area contributed by atoms with Gasteiger partial charge < -0.3 is 5.11 Å². The van der Waals surface area contributed by atoms with Crippen LogP contribution in [0.15, 0.2) is 0 Å². The number of hydrogen-bond acceptors (Lipinski definition) is 3. The van der Waals surface area contributed by atoms with Gasteiger partial charge in [-0.25, -0.2) is 0 Å². The lowest BCUT2D eigenvalue weighted by Crippen LogP contribution is -2.47. The first-order chi connectivity index (χ1) is 8.82. The molecule has 7 heteroatoms. The molecule has 2 unspecified atom stereocenters. The van der Waals surface area contributed by atoms with E-state index in [1.807, 2.05) is 0 Å². The van der Waals surface area contributed by atoms with Gasteiger partial charge >= 0.3 is 5.97 Å². The Balaban J connectivity index is 1.91. The number of piperidine rings is 1. The normalized spacial score (nSPS) is 29.6. The Kier molecular flexibility index (Phi) is 4.17. The Bertz CT molecular complexity index is 443. The van der Waals surface area contributed by atoms with Crippen LogP contribution in [-0.4, -0.2) is 54.8 Å². The van der Waals surface area contributed by atoms with Crippen molar-refractivity contribution in [2.24, 2.45) is 17.8 Å². The van der Waals surface area contributed by atoms with Crippen LogP contribution in [0.4, 0.5) is 0 Å². The molecule has 1 aliphatic carbocycles. The summed E-state index contributed by atoms with van der Waals surface area (Å²) < 4.78 is 27.5. The van der Waals surface area contributed by atoms with Crippen LogP contribution in [0.25, 0.3) is 0 Å². The summed E-state index contributed by atoms with van der Waals surface area (Å²) in [5.41, 5.74) is 0. The molecular formula is C12H22N2O4S. The second-order valence-corrected chi connectivity index (χ2v) is 7.81. The molecule has 0 amide bonds. The molecule has 1 saturated carbocycles. The first-order valence-electron chi connectivity index (χ1n) is 6.76. The Morgan fingerprint density at radius 2 is 1.89 bits per heavy atom. The van der Waals surface area contributed by atoms with E-state index in [1.54, 1.807) is 7.05 Å². The van der Waals surface area contributed by atoms with Gasteiger partial charge in [0.1, 0.15) is 0 Å². The highest BCUT2D eigenvalue weighted by atomic mass is 32.2.